The molecule has 3 aromatic rings. The van der Waals surface area contributed by atoms with E-state index in [1.165, 1.54) is 30.3 Å². The van der Waals surface area contributed by atoms with Gasteiger partial charge in [0.25, 0.3) is 11.1 Å². The van der Waals surface area contributed by atoms with Crippen LogP contribution in [0.2, 0.25) is 0 Å². The first kappa shape index (κ1) is 23.5. The monoisotopic (exact) mass is 479 g/mol. The average molecular weight is 480 g/mol. The second-order valence-corrected chi connectivity index (χ2v) is 8.66. The minimum atomic E-state index is -0.428. The molecule has 2 amide bonds. The van der Waals surface area contributed by atoms with E-state index >= 15 is 0 Å². The van der Waals surface area contributed by atoms with Crippen molar-refractivity contribution >= 4 is 35.0 Å². The van der Waals surface area contributed by atoms with E-state index in [-0.39, 0.29) is 23.2 Å². The van der Waals surface area contributed by atoms with Crippen molar-refractivity contribution in [2.45, 2.75) is 26.3 Å². The molecule has 0 aliphatic carbocycles. The van der Waals surface area contributed by atoms with Crippen LogP contribution in [-0.4, -0.2) is 28.6 Å². The molecule has 6 nitrogen and oxygen atoms in total. The van der Waals surface area contributed by atoms with Gasteiger partial charge in [0.2, 0.25) is 0 Å². The molecule has 2 heterocycles. The van der Waals surface area contributed by atoms with Gasteiger partial charge in [-0.2, -0.15) is 0 Å². The summed E-state index contributed by atoms with van der Waals surface area (Å²) in [5.41, 5.74) is 1.87. The Morgan fingerprint density at radius 3 is 2.50 bits per heavy atom. The number of thioether (sulfide) groups is 1. The number of esters is 1. The number of imide groups is 1. The largest absolute Gasteiger partial charge is 0.462 e. The highest BCUT2D eigenvalue weighted by Gasteiger charge is 2.35. The second kappa shape index (κ2) is 10.5. The van der Waals surface area contributed by atoms with Gasteiger partial charge in [-0.3, -0.25) is 14.5 Å². The van der Waals surface area contributed by atoms with Gasteiger partial charge in [-0.15, -0.1) is 0 Å². The zero-order chi connectivity index (χ0) is 24.1. The Bertz CT molecular complexity index is 1230. The number of hydrogen-bond donors (Lipinski definition) is 0. The maximum atomic E-state index is 13.1. The van der Waals surface area contributed by atoms with Gasteiger partial charge in [-0.1, -0.05) is 37.6 Å². The van der Waals surface area contributed by atoms with Gasteiger partial charge in [-0.05, 0) is 60.1 Å². The molecule has 1 saturated heterocycles. The van der Waals surface area contributed by atoms with Crippen LogP contribution in [0.15, 0.2) is 70.0 Å². The predicted octanol–water partition coefficient (Wildman–Crippen LogP) is 6.28. The third kappa shape index (κ3) is 5.46. The smallest absolute Gasteiger partial charge is 0.338 e. The molecular formula is C26H22FNO5S. The number of nitrogens with zero attached hydrogens (tertiary/aromatic N) is 1. The van der Waals surface area contributed by atoms with E-state index in [0.717, 1.165) is 35.1 Å². The molecule has 174 valence electrons. The van der Waals surface area contributed by atoms with Gasteiger partial charge in [-0.25, -0.2) is 9.18 Å². The van der Waals surface area contributed by atoms with Crippen molar-refractivity contribution < 1.29 is 27.9 Å². The van der Waals surface area contributed by atoms with Crippen LogP contribution in [0, 0.1) is 5.82 Å². The Morgan fingerprint density at radius 2 is 1.79 bits per heavy atom. The molecule has 0 atom stereocenters. The van der Waals surface area contributed by atoms with Crippen LogP contribution in [0.3, 0.4) is 0 Å². The number of furan rings is 1. The fraction of sp³-hybridized carbons (Fsp3) is 0.192. The molecule has 1 aromatic heterocycles. The first-order valence-electron chi connectivity index (χ1n) is 10.8. The van der Waals surface area contributed by atoms with Crippen molar-refractivity contribution in [3.63, 3.8) is 0 Å². The molecule has 4 rings (SSSR count). The van der Waals surface area contributed by atoms with E-state index in [0.29, 0.717) is 29.3 Å². The summed E-state index contributed by atoms with van der Waals surface area (Å²) in [7, 11) is 0. The Hall–Kier alpha value is -3.65. The standard InChI is InChI=1S/C26H22FNO5S/c1-2-3-14-32-25(30)19-8-6-18(7-9-19)22-13-12-21(33-22)15-23-24(29)28(26(31)34-23)16-17-4-10-20(27)11-5-17/h4-13,15H,2-3,14,16H2,1H3/b23-15-. The Kier molecular flexibility index (Phi) is 7.27. The third-order valence-corrected chi connectivity index (χ3v) is 6.07. The summed E-state index contributed by atoms with van der Waals surface area (Å²) in [6, 6.07) is 16.0. The summed E-state index contributed by atoms with van der Waals surface area (Å²) >= 11 is 0.830. The quantitative estimate of drug-likeness (QED) is 0.215. The molecule has 2 aromatic carbocycles. The summed E-state index contributed by atoms with van der Waals surface area (Å²) in [4.78, 5) is 38.5. The van der Waals surface area contributed by atoms with E-state index in [4.69, 9.17) is 9.15 Å². The number of halogens is 1. The summed E-state index contributed by atoms with van der Waals surface area (Å²) in [5, 5.41) is -0.395. The normalized spacial score (nSPS) is 14.8. The van der Waals surface area contributed by atoms with E-state index in [2.05, 4.69) is 0 Å². The number of ether oxygens (including phenoxy) is 1. The van der Waals surface area contributed by atoms with Crippen LogP contribution in [0.25, 0.3) is 17.4 Å². The molecule has 0 N–H and O–H groups in total. The molecule has 0 saturated carbocycles. The van der Waals surface area contributed by atoms with E-state index in [1.807, 2.05) is 6.92 Å². The zero-order valence-electron chi connectivity index (χ0n) is 18.5. The maximum Gasteiger partial charge on any atom is 0.338 e. The van der Waals surface area contributed by atoms with Gasteiger partial charge in [0.1, 0.15) is 17.3 Å². The molecule has 0 spiro atoms. The van der Waals surface area contributed by atoms with Gasteiger partial charge in [0.05, 0.1) is 23.6 Å². The van der Waals surface area contributed by atoms with Crippen molar-refractivity contribution in [1.82, 2.24) is 4.90 Å². The lowest BCUT2D eigenvalue weighted by Crippen LogP contribution is -2.27. The number of rotatable bonds is 8. The van der Waals surface area contributed by atoms with E-state index < -0.39 is 11.1 Å². The van der Waals surface area contributed by atoms with Crippen LogP contribution >= 0.6 is 11.8 Å². The van der Waals surface area contributed by atoms with Gasteiger partial charge >= 0.3 is 5.97 Å². The SMILES string of the molecule is CCCCOC(=O)c1ccc(-c2ccc(/C=C3\SC(=O)N(Cc4ccc(F)cc4)C3=O)o2)cc1. The average Bonchev–Trinajstić information content (AvgIpc) is 3.41. The van der Waals surface area contributed by atoms with Crippen molar-refractivity contribution in [3.8, 4) is 11.3 Å². The predicted molar refractivity (Wildman–Crippen MR) is 127 cm³/mol. The lowest BCUT2D eigenvalue weighted by Gasteiger charge is -2.12. The number of carbonyl (C=O) groups excluding carboxylic acids is 3. The number of carbonyl (C=O) groups is 3. The zero-order valence-corrected chi connectivity index (χ0v) is 19.3. The van der Waals surface area contributed by atoms with Gasteiger partial charge in [0, 0.05) is 11.6 Å². The third-order valence-electron chi connectivity index (χ3n) is 5.16. The van der Waals surface area contributed by atoms with Crippen molar-refractivity contribution in [3.05, 3.63) is 88.3 Å². The molecule has 0 unspecified atom stereocenters. The Balaban J connectivity index is 1.43. The van der Waals surface area contributed by atoms with E-state index in [1.54, 1.807) is 36.4 Å². The molecule has 1 aliphatic heterocycles. The minimum absolute atomic E-state index is 0.0684. The minimum Gasteiger partial charge on any atom is -0.462 e. The summed E-state index contributed by atoms with van der Waals surface area (Å²) in [5.74, 6) is -0.194. The number of amides is 2. The van der Waals surface area contributed by atoms with Gasteiger partial charge in [0.15, 0.2) is 0 Å². The number of hydrogen-bond acceptors (Lipinski definition) is 6. The topological polar surface area (TPSA) is 76.8 Å². The maximum absolute atomic E-state index is 13.1. The van der Waals surface area contributed by atoms with Crippen LogP contribution < -0.4 is 0 Å². The fourth-order valence-electron chi connectivity index (χ4n) is 3.29. The highest BCUT2D eigenvalue weighted by Crippen LogP contribution is 2.34. The summed E-state index contributed by atoms with van der Waals surface area (Å²) in [6.07, 6.45) is 3.30. The molecular weight excluding hydrogens is 457 g/mol. The Labute approximate surface area is 200 Å². The van der Waals surface area contributed by atoms with Crippen molar-refractivity contribution in [2.75, 3.05) is 6.61 Å². The molecule has 1 aliphatic rings. The highest BCUT2D eigenvalue weighted by molar-refractivity contribution is 8.18. The lowest BCUT2D eigenvalue weighted by atomic mass is 10.1. The second-order valence-electron chi connectivity index (χ2n) is 7.66. The molecule has 8 heteroatoms. The van der Waals surface area contributed by atoms with Crippen LogP contribution in [0.1, 0.15) is 41.4 Å². The summed E-state index contributed by atoms with van der Waals surface area (Å²) < 4.78 is 24.1. The number of unbranched alkanes of at least 4 members (excludes halogenated alkanes) is 1. The van der Waals surface area contributed by atoms with Gasteiger partial charge < -0.3 is 9.15 Å². The lowest BCUT2D eigenvalue weighted by molar-refractivity contribution is -0.123. The van der Waals surface area contributed by atoms with Crippen molar-refractivity contribution in [2.24, 2.45) is 0 Å². The van der Waals surface area contributed by atoms with Crippen LogP contribution in [0.4, 0.5) is 9.18 Å². The Morgan fingerprint density at radius 1 is 1.06 bits per heavy atom. The van der Waals surface area contributed by atoms with E-state index in [9.17, 15) is 18.8 Å². The van der Waals surface area contributed by atoms with Crippen LogP contribution in [0.5, 0.6) is 0 Å². The molecule has 0 bridgehead atoms. The first-order chi connectivity index (χ1) is 16.4. The fourth-order valence-corrected chi connectivity index (χ4v) is 4.10. The molecule has 34 heavy (non-hydrogen) atoms. The molecule has 1 fully saturated rings. The molecule has 0 radical (unpaired) electrons. The number of benzene rings is 2. The van der Waals surface area contributed by atoms with Crippen molar-refractivity contribution in [1.29, 1.82) is 0 Å². The highest BCUT2D eigenvalue weighted by atomic mass is 32.2. The van der Waals surface area contributed by atoms with Crippen LogP contribution in [-0.2, 0) is 16.1 Å². The summed E-state index contributed by atoms with van der Waals surface area (Å²) in [6.45, 7) is 2.49. The first-order valence-corrected chi connectivity index (χ1v) is 11.6.